The lowest BCUT2D eigenvalue weighted by Gasteiger charge is -2.27. The first-order valence-electron chi connectivity index (χ1n) is 7.74. The fourth-order valence-electron chi connectivity index (χ4n) is 1.63. The maximum atomic E-state index is 12.3. The van der Waals surface area contributed by atoms with Gasteiger partial charge < -0.3 is 9.47 Å². The van der Waals surface area contributed by atoms with Crippen molar-refractivity contribution in [1.29, 1.82) is 0 Å². The zero-order valence-corrected chi connectivity index (χ0v) is 14.1. The maximum Gasteiger partial charge on any atom is 0.339 e. The second-order valence-corrected chi connectivity index (χ2v) is 6.45. The first kappa shape index (κ1) is 18.2. The molecule has 22 heavy (non-hydrogen) atoms. The van der Waals surface area contributed by atoms with E-state index in [1.54, 1.807) is 24.3 Å². The van der Waals surface area contributed by atoms with E-state index >= 15 is 0 Å². The van der Waals surface area contributed by atoms with Gasteiger partial charge in [0.2, 0.25) is 0 Å². The summed E-state index contributed by atoms with van der Waals surface area (Å²) in [5, 5.41) is 0. The highest BCUT2D eigenvalue weighted by atomic mass is 16.5. The summed E-state index contributed by atoms with van der Waals surface area (Å²) in [6.07, 6.45) is 1.49. The van der Waals surface area contributed by atoms with Crippen molar-refractivity contribution < 1.29 is 19.1 Å². The Kier molecular flexibility index (Phi) is 6.60. The molecular weight excluding hydrogens is 280 g/mol. The molecule has 0 N–H and O–H groups in total. The molecule has 0 bridgehead atoms. The van der Waals surface area contributed by atoms with Crippen LogP contribution in [0.3, 0.4) is 0 Å². The SMILES string of the molecule is CCCCOC(=O)c1ccccc1C(=O)OC(C)C(C)(C)C. The van der Waals surface area contributed by atoms with Crippen molar-refractivity contribution in [3.8, 4) is 0 Å². The molecule has 0 saturated carbocycles. The number of unbranched alkanes of at least 4 members (excludes halogenated alkanes) is 1. The van der Waals surface area contributed by atoms with E-state index in [-0.39, 0.29) is 22.6 Å². The summed E-state index contributed by atoms with van der Waals surface area (Å²) in [5.41, 5.74) is 0.344. The van der Waals surface area contributed by atoms with Crippen molar-refractivity contribution in [2.24, 2.45) is 5.41 Å². The van der Waals surface area contributed by atoms with Gasteiger partial charge in [-0.15, -0.1) is 0 Å². The number of rotatable bonds is 6. The van der Waals surface area contributed by atoms with E-state index in [1.165, 1.54) is 0 Å². The average Bonchev–Trinajstić information content (AvgIpc) is 2.46. The van der Waals surface area contributed by atoms with Crippen LogP contribution in [0.1, 0.15) is 68.2 Å². The van der Waals surface area contributed by atoms with E-state index in [9.17, 15) is 9.59 Å². The Morgan fingerprint density at radius 1 is 1.09 bits per heavy atom. The molecule has 0 aliphatic heterocycles. The molecule has 1 unspecified atom stereocenters. The van der Waals surface area contributed by atoms with Crippen LogP contribution >= 0.6 is 0 Å². The van der Waals surface area contributed by atoms with Crippen LogP contribution in [0, 0.1) is 5.41 Å². The Morgan fingerprint density at radius 3 is 2.14 bits per heavy atom. The monoisotopic (exact) mass is 306 g/mol. The van der Waals surface area contributed by atoms with Gasteiger partial charge in [0.25, 0.3) is 0 Å². The molecule has 1 rings (SSSR count). The van der Waals surface area contributed by atoms with Gasteiger partial charge in [0.15, 0.2) is 0 Å². The first-order chi connectivity index (χ1) is 10.3. The van der Waals surface area contributed by atoms with Gasteiger partial charge in [-0.25, -0.2) is 9.59 Å². The molecule has 0 aliphatic rings. The Morgan fingerprint density at radius 2 is 1.64 bits per heavy atom. The van der Waals surface area contributed by atoms with Gasteiger partial charge in [0.1, 0.15) is 6.10 Å². The maximum absolute atomic E-state index is 12.3. The van der Waals surface area contributed by atoms with Gasteiger partial charge >= 0.3 is 11.9 Å². The predicted octanol–water partition coefficient (Wildman–Crippen LogP) is 4.23. The molecule has 0 fully saturated rings. The van der Waals surface area contributed by atoms with Gasteiger partial charge in [0.05, 0.1) is 17.7 Å². The highest BCUT2D eigenvalue weighted by Gasteiger charge is 2.26. The topological polar surface area (TPSA) is 52.6 Å². The van der Waals surface area contributed by atoms with Crippen molar-refractivity contribution in [3.63, 3.8) is 0 Å². The summed E-state index contributed by atoms with van der Waals surface area (Å²) >= 11 is 0. The molecule has 0 saturated heterocycles. The highest BCUT2D eigenvalue weighted by Crippen LogP contribution is 2.23. The zero-order chi connectivity index (χ0) is 16.8. The molecule has 0 aromatic heterocycles. The molecule has 122 valence electrons. The molecule has 1 atom stereocenters. The van der Waals surface area contributed by atoms with E-state index in [1.807, 2.05) is 34.6 Å². The standard InChI is InChI=1S/C18H26O4/c1-6-7-12-21-16(19)14-10-8-9-11-15(14)17(20)22-13(2)18(3,4)5/h8-11,13H,6-7,12H2,1-5H3. The minimum absolute atomic E-state index is 0.160. The van der Waals surface area contributed by atoms with Crippen LogP contribution in [-0.2, 0) is 9.47 Å². The smallest absolute Gasteiger partial charge is 0.339 e. The van der Waals surface area contributed by atoms with Crippen molar-refractivity contribution >= 4 is 11.9 Å². The summed E-state index contributed by atoms with van der Waals surface area (Å²) < 4.78 is 10.7. The number of benzene rings is 1. The third-order valence-corrected chi connectivity index (χ3v) is 3.60. The molecule has 0 heterocycles. The number of ether oxygens (including phenoxy) is 2. The lowest BCUT2D eigenvalue weighted by Crippen LogP contribution is -2.29. The molecule has 0 radical (unpaired) electrons. The fraction of sp³-hybridized carbons (Fsp3) is 0.556. The van der Waals surface area contributed by atoms with Crippen molar-refractivity contribution in [2.45, 2.75) is 53.6 Å². The summed E-state index contributed by atoms with van der Waals surface area (Å²) in [6.45, 7) is 10.2. The second-order valence-electron chi connectivity index (χ2n) is 6.45. The summed E-state index contributed by atoms with van der Waals surface area (Å²) in [6, 6.07) is 6.60. The largest absolute Gasteiger partial charge is 0.462 e. The highest BCUT2D eigenvalue weighted by molar-refractivity contribution is 6.03. The third-order valence-electron chi connectivity index (χ3n) is 3.60. The van der Waals surface area contributed by atoms with Crippen LogP contribution in [0.25, 0.3) is 0 Å². The van der Waals surface area contributed by atoms with Crippen LogP contribution in [0.2, 0.25) is 0 Å². The zero-order valence-electron chi connectivity index (χ0n) is 14.1. The van der Waals surface area contributed by atoms with Crippen LogP contribution in [0.4, 0.5) is 0 Å². The average molecular weight is 306 g/mol. The number of hydrogen-bond donors (Lipinski definition) is 0. The quantitative estimate of drug-likeness (QED) is 0.583. The Balaban J connectivity index is 2.87. The van der Waals surface area contributed by atoms with Gasteiger partial charge in [-0.3, -0.25) is 0 Å². The number of carbonyl (C=O) groups is 2. The minimum atomic E-state index is -0.495. The van der Waals surface area contributed by atoms with E-state index in [0.717, 1.165) is 12.8 Å². The van der Waals surface area contributed by atoms with Gasteiger partial charge in [-0.05, 0) is 30.9 Å². The first-order valence-corrected chi connectivity index (χ1v) is 7.74. The number of esters is 2. The molecule has 4 nitrogen and oxygen atoms in total. The predicted molar refractivity (Wildman–Crippen MR) is 86.0 cm³/mol. The Bertz CT molecular complexity index is 514. The number of carbonyl (C=O) groups excluding carboxylic acids is 2. The number of hydrogen-bond acceptors (Lipinski definition) is 4. The van der Waals surface area contributed by atoms with Crippen LogP contribution in [0.15, 0.2) is 24.3 Å². The molecule has 1 aromatic rings. The Labute approximate surface area is 132 Å². The minimum Gasteiger partial charge on any atom is -0.462 e. The van der Waals surface area contributed by atoms with E-state index in [2.05, 4.69) is 0 Å². The van der Waals surface area contributed by atoms with Crippen LogP contribution in [0.5, 0.6) is 0 Å². The summed E-state index contributed by atoms with van der Waals surface area (Å²) in [4.78, 5) is 24.4. The molecule has 1 aromatic carbocycles. The summed E-state index contributed by atoms with van der Waals surface area (Å²) in [5.74, 6) is -0.977. The lowest BCUT2D eigenvalue weighted by molar-refractivity contribution is 0.00437. The molecule has 4 heteroatoms. The van der Waals surface area contributed by atoms with Crippen LogP contribution in [-0.4, -0.2) is 24.6 Å². The van der Waals surface area contributed by atoms with Crippen molar-refractivity contribution in [2.75, 3.05) is 6.61 Å². The second kappa shape index (κ2) is 7.97. The van der Waals surface area contributed by atoms with Crippen LogP contribution < -0.4 is 0 Å². The fourth-order valence-corrected chi connectivity index (χ4v) is 1.63. The normalized spacial score (nSPS) is 12.6. The Hall–Kier alpha value is -1.84. The van der Waals surface area contributed by atoms with Gasteiger partial charge in [-0.1, -0.05) is 46.2 Å². The van der Waals surface area contributed by atoms with Crippen molar-refractivity contribution in [1.82, 2.24) is 0 Å². The van der Waals surface area contributed by atoms with Gasteiger partial charge in [-0.2, -0.15) is 0 Å². The third kappa shape index (κ3) is 5.17. The lowest BCUT2D eigenvalue weighted by atomic mass is 9.90. The molecule has 0 spiro atoms. The summed E-state index contributed by atoms with van der Waals surface area (Å²) in [7, 11) is 0. The van der Waals surface area contributed by atoms with Crippen molar-refractivity contribution in [3.05, 3.63) is 35.4 Å². The van der Waals surface area contributed by atoms with E-state index in [4.69, 9.17) is 9.47 Å². The van der Waals surface area contributed by atoms with E-state index < -0.39 is 11.9 Å². The molecule has 0 amide bonds. The van der Waals surface area contributed by atoms with E-state index in [0.29, 0.717) is 6.61 Å². The molecule has 0 aliphatic carbocycles. The molecular formula is C18H26O4. The van der Waals surface area contributed by atoms with Gasteiger partial charge in [0, 0.05) is 0 Å².